The topological polar surface area (TPSA) is 40.5 Å². The summed E-state index contributed by atoms with van der Waals surface area (Å²) in [6.45, 7) is 5.50. The van der Waals surface area contributed by atoms with Gasteiger partial charge in [-0.2, -0.15) is 0 Å². The summed E-state index contributed by atoms with van der Waals surface area (Å²) in [6.07, 6.45) is 15.0. The van der Waals surface area contributed by atoms with E-state index in [4.69, 9.17) is 0 Å². The molecule has 1 heterocycles. The second kappa shape index (κ2) is 7.69. The van der Waals surface area contributed by atoms with Gasteiger partial charge >= 0.3 is 0 Å². The van der Waals surface area contributed by atoms with Crippen LogP contribution in [0.5, 0.6) is 0 Å². The van der Waals surface area contributed by atoms with Crippen molar-refractivity contribution < 1.29 is 9.90 Å². The third-order valence-corrected chi connectivity index (χ3v) is 10.1. The summed E-state index contributed by atoms with van der Waals surface area (Å²) in [6, 6.07) is 0. The van der Waals surface area contributed by atoms with Crippen LogP contribution < -0.4 is 0 Å². The van der Waals surface area contributed by atoms with Crippen LogP contribution in [-0.4, -0.2) is 41.5 Å². The molecule has 8 unspecified atom stereocenters. The summed E-state index contributed by atoms with van der Waals surface area (Å²) in [5, 5.41) is 10.1. The molecule has 1 aliphatic heterocycles. The zero-order valence-corrected chi connectivity index (χ0v) is 18.0. The average Bonchev–Trinajstić information content (AvgIpc) is 3.05. The summed E-state index contributed by atoms with van der Waals surface area (Å²) < 4.78 is 0. The quantitative estimate of drug-likeness (QED) is 0.765. The van der Waals surface area contributed by atoms with Crippen molar-refractivity contribution in [2.75, 3.05) is 19.6 Å². The van der Waals surface area contributed by atoms with Gasteiger partial charge in [0.25, 0.3) is 0 Å². The lowest BCUT2D eigenvalue weighted by molar-refractivity contribution is -0.132. The first-order chi connectivity index (χ1) is 13.6. The predicted molar refractivity (Wildman–Crippen MR) is 112 cm³/mol. The zero-order chi connectivity index (χ0) is 19.3. The molecule has 3 heteroatoms. The summed E-state index contributed by atoms with van der Waals surface area (Å²) in [5.74, 6) is 5.09. The molecular formula is C25H41NO2. The number of aliphatic hydroxyl groups excluding tert-OH is 1. The molecule has 0 bridgehead atoms. The lowest BCUT2D eigenvalue weighted by Crippen LogP contribution is -2.50. The maximum atomic E-state index is 13.3. The molecule has 8 atom stereocenters. The number of aliphatic hydroxyl groups is 1. The molecule has 4 saturated carbocycles. The number of carbonyl (C=O) groups excluding carboxylic acids is 1. The first kappa shape index (κ1) is 19.5. The van der Waals surface area contributed by atoms with Crippen LogP contribution in [0.15, 0.2) is 0 Å². The fraction of sp³-hybridized carbons (Fsp3) is 0.960. The van der Waals surface area contributed by atoms with Gasteiger partial charge in [-0.1, -0.05) is 13.3 Å². The highest BCUT2D eigenvalue weighted by atomic mass is 16.3. The van der Waals surface area contributed by atoms with Crippen molar-refractivity contribution in [2.24, 2.45) is 40.9 Å². The Labute approximate surface area is 171 Å². The number of likely N-dealkylation sites (tertiary alicyclic amines) is 1. The number of piperidine rings is 1. The first-order valence-electron chi connectivity index (χ1n) is 12.5. The van der Waals surface area contributed by atoms with Crippen molar-refractivity contribution in [1.82, 2.24) is 4.90 Å². The molecule has 1 N–H and O–H groups in total. The second-order valence-corrected chi connectivity index (χ2v) is 11.4. The van der Waals surface area contributed by atoms with E-state index in [1.54, 1.807) is 0 Å². The highest BCUT2D eigenvalue weighted by molar-refractivity contribution is 5.84. The van der Waals surface area contributed by atoms with Gasteiger partial charge in [0.2, 0.25) is 0 Å². The van der Waals surface area contributed by atoms with Gasteiger partial charge in [0.05, 0.1) is 12.6 Å². The summed E-state index contributed by atoms with van der Waals surface area (Å²) in [4.78, 5) is 15.8. The molecule has 0 radical (unpaired) electrons. The van der Waals surface area contributed by atoms with Crippen molar-refractivity contribution in [3.63, 3.8) is 0 Å². The van der Waals surface area contributed by atoms with Crippen LogP contribution >= 0.6 is 0 Å². The van der Waals surface area contributed by atoms with Crippen LogP contribution in [0.25, 0.3) is 0 Å². The maximum Gasteiger partial charge on any atom is 0.150 e. The first-order valence-corrected chi connectivity index (χ1v) is 12.5. The lowest BCUT2D eigenvalue weighted by atomic mass is 9.49. The Morgan fingerprint density at radius 2 is 1.71 bits per heavy atom. The molecule has 28 heavy (non-hydrogen) atoms. The third-order valence-electron chi connectivity index (χ3n) is 10.1. The number of nitrogens with zero attached hydrogens (tertiary/aromatic N) is 1. The van der Waals surface area contributed by atoms with E-state index < -0.39 is 0 Å². The van der Waals surface area contributed by atoms with E-state index in [1.165, 1.54) is 57.8 Å². The minimum absolute atomic E-state index is 0.0325. The second-order valence-electron chi connectivity index (χ2n) is 11.4. The van der Waals surface area contributed by atoms with Crippen LogP contribution in [0.2, 0.25) is 0 Å². The van der Waals surface area contributed by atoms with E-state index in [-0.39, 0.29) is 11.5 Å². The van der Waals surface area contributed by atoms with E-state index in [9.17, 15) is 9.90 Å². The van der Waals surface area contributed by atoms with Crippen molar-refractivity contribution in [2.45, 2.75) is 90.1 Å². The largest absolute Gasteiger partial charge is 0.393 e. The van der Waals surface area contributed by atoms with E-state index in [1.807, 2.05) is 0 Å². The van der Waals surface area contributed by atoms with Crippen LogP contribution in [0, 0.1) is 40.9 Å². The van der Waals surface area contributed by atoms with E-state index in [0.717, 1.165) is 68.5 Å². The number of hydrogen-bond acceptors (Lipinski definition) is 3. The van der Waals surface area contributed by atoms with Gasteiger partial charge in [-0.05, 0) is 119 Å². The summed E-state index contributed by atoms with van der Waals surface area (Å²) in [7, 11) is 0. The van der Waals surface area contributed by atoms with Crippen LogP contribution in [0.1, 0.15) is 84.0 Å². The van der Waals surface area contributed by atoms with Gasteiger partial charge < -0.3 is 5.11 Å². The lowest BCUT2D eigenvalue weighted by Gasteiger charge is -2.56. The van der Waals surface area contributed by atoms with Gasteiger partial charge in [0, 0.05) is 5.92 Å². The molecule has 0 aromatic heterocycles. The van der Waals surface area contributed by atoms with Crippen molar-refractivity contribution in [1.29, 1.82) is 0 Å². The molecule has 0 aromatic carbocycles. The molecule has 158 valence electrons. The Hall–Kier alpha value is -0.410. The number of fused-ring (bicyclic) bond motifs is 5. The van der Waals surface area contributed by atoms with Gasteiger partial charge in [0.1, 0.15) is 5.78 Å². The van der Waals surface area contributed by atoms with E-state index in [2.05, 4.69) is 11.8 Å². The minimum atomic E-state index is -0.0325. The molecule has 0 aromatic rings. The number of Topliss-reactive ketones (excluding diaryl/α,β-unsaturated/α-hetero) is 1. The number of ketones is 1. The SMILES string of the molecule is CC12CCC3C4CCC(O)CC4CCC3C1CCC2C(=O)CN1CCCCC1. The Balaban J connectivity index is 1.28. The number of carbonyl (C=O) groups is 1. The molecule has 3 nitrogen and oxygen atoms in total. The molecule has 1 saturated heterocycles. The van der Waals surface area contributed by atoms with Crippen LogP contribution in [-0.2, 0) is 4.79 Å². The molecule has 5 aliphatic rings. The molecule has 5 fully saturated rings. The minimum Gasteiger partial charge on any atom is -0.393 e. The highest BCUT2D eigenvalue weighted by Crippen LogP contribution is 2.64. The third kappa shape index (κ3) is 3.29. The fourth-order valence-corrected chi connectivity index (χ4v) is 8.81. The Morgan fingerprint density at radius 1 is 0.929 bits per heavy atom. The van der Waals surface area contributed by atoms with Gasteiger partial charge in [-0.15, -0.1) is 0 Å². The van der Waals surface area contributed by atoms with Gasteiger partial charge in [-0.3, -0.25) is 9.69 Å². The highest BCUT2D eigenvalue weighted by Gasteiger charge is 2.58. The van der Waals surface area contributed by atoms with Crippen molar-refractivity contribution >= 4 is 5.78 Å². The predicted octanol–water partition coefficient (Wildman–Crippen LogP) is 4.67. The van der Waals surface area contributed by atoms with Crippen molar-refractivity contribution in [3.8, 4) is 0 Å². The van der Waals surface area contributed by atoms with Crippen LogP contribution in [0.4, 0.5) is 0 Å². The number of rotatable bonds is 3. The Bertz CT molecular complexity index is 585. The fourth-order valence-electron chi connectivity index (χ4n) is 8.81. The molecule has 0 amide bonds. The van der Waals surface area contributed by atoms with Crippen LogP contribution in [0.3, 0.4) is 0 Å². The van der Waals surface area contributed by atoms with Crippen molar-refractivity contribution in [3.05, 3.63) is 0 Å². The van der Waals surface area contributed by atoms with E-state index >= 15 is 0 Å². The summed E-state index contributed by atoms with van der Waals surface area (Å²) in [5.41, 5.74) is 0.273. The molecule has 5 rings (SSSR count). The van der Waals surface area contributed by atoms with E-state index in [0.29, 0.717) is 11.7 Å². The molecule has 0 spiro atoms. The maximum absolute atomic E-state index is 13.3. The average molecular weight is 388 g/mol. The molecular weight excluding hydrogens is 346 g/mol. The smallest absolute Gasteiger partial charge is 0.150 e. The molecule has 4 aliphatic carbocycles. The normalized spacial score (nSPS) is 49.1. The number of hydrogen-bond donors (Lipinski definition) is 1. The Morgan fingerprint density at radius 3 is 2.54 bits per heavy atom. The van der Waals surface area contributed by atoms with Gasteiger partial charge in [0.15, 0.2) is 0 Å². The van der Waals surface area contributed by atoms with Gasteiger partial charge in [-0.25, -0.2) is 0 Å². The summed E-state index contributed by atoms with van der Waals surface area (Å²) >= 11 is 0. The Kier molecular flexibility index (Phi) is 5.37. The zero-order valence-electron chi connectivity index (χ0n) is 18.0. The standard InChI is InChI=1S/C25H41NO2/c1-25-12-11-20-19-8-6-18(27)15-17(19)5-7-21(20)22(25)9-10-23(25)24(28)16-26-13-3-2-4-14-26/h17-23,27H,2-16H2,1H3. The monoisotopic (exact) mass is 387 g/mol.